The van der Waals surface area contributed by atoms with Gasteiger partial charge >= 0.3 is 5.97 Å². The van der Waals surface area contributed by atoms with E-state index in [4.69, 9.17) is 18.9 Å². The van der Waals surface area contributed by atoms with E-state index in [-0.39, 0.29) is 42.4 Å². The molecule has 0 spiro atoms. The van der Waals surface area contributed by atoms with Crippen LogP contribution in [0.3, 0.4) is 0 Å². The fraction of sp³-hybridized carbons (Fsp3) is 0.569. The Balaban J connectivity index is 1.33. The van der Waals surface area contributed by atoms with Crippen molar-refractivity contribution >= 4 is 75.8 Å². The number of nitrogens with one attached hydrogen (secondary N) is 4. The fourth-order valence-corrected chi connectivity index (χ4v) is 9.02. The number of nitrogens with zero attached hydrogens (tertiary/aromatic N) is 5. The minimum absolute atomic E-state index is 0.0454. The number of esters is 1. The summed E-state index contributed by atoms with van der Waals surface area (Å²) < 4.78 is 32.7. The van der Waals surface area contributed by atoms with Gasteiger partial charge in [-0.2, -0.15) is 4.37 Å². The second kappa shape index (κ2) is 25.0. The number of H-pyrrole nitrogens is 1. The molecule has 3 atom stereocenters. The van der Waals surface area contributed by atoms with Gasteiger partial charge in [-0.25, -0.2) is 4.79 Å². The first-order valence-electron chi connectivity index (χ1n) is 24.4. The zero-order valence-corrected chi connectivity index (χ0v) is 44.2. The van der Waals surface area contributed by atoms with Crippen LogP contribution in [0.25, 0.3) is 11.6 Å². The van der Waals surface area contributed by atoms with Gasteiger partial charge in [0.2, 0.25) is 11.7 Å². The van der Waals surface area contributed by atoms with Crippen LogP contribution in [-0.4, -0.2) is 154 Å². The van der Waals surface area contributed by atoms with Gasteiger partial charge in [0.25, 0.3) is 17.7 Å². The molecule has 2 unspecified atom stereocenters. The van der Waals surface area contributed by atoms with Gasteiger partial charge in [-0.1, -0.05) is 27.2 Å². The normalized spacial score (nSPS) is 16.0. The summed E-state index contributed by atoms with van der Waals surface area (Å²) in [5, 5.41) is 8.64. The summed E-state index contributed by atoms with van der Waals surface area (Å²) >= 11 is 0.991. The average molecular weight is 1000 g/mol. The minimum Gasteiger partial charge on any atom is -0.470 e. The Labute approximate surface area is 421 Å². The van der Waals surface area contributed by atoms with Gasteiger partial charge in [-0.3, -0.25) is 28.9 Å². The SMILES string of the molecule is CCCC(C(=O)C(C)OC(C)(C)C(C)=O)N(C[C@@H](COc1nsnc1N1CCOCC1)OC(=O)/C=C/C(=O)Nc1ccc2c(c1)/C(=C/c1[nH]c(C)c(C(=O)NCCN(CC)CC)c1C)C(=O)N2)C(C)(C)C. The van der Waals surface area contributed by atoms with Crippen LogP contribution in [0.5, 0.6) is 5.88 Å². The summed E-state index contributed by atoms with van der Waals surface area (Å²) in [5.41, 5.74) is 2.44. The van der Waals surface area contributed by atoms with E-state index in [0.29, 0.717) is 96.5 Å². The monoisotopic (exact) mass is 1000 g/mol. The Morgan fingerprint density at radius 2 is 1.72 bits per heavy atom. The van der Waals surface area contributed by atoms with Crippen molar-refractivity contribution in [3.8, 4) is 5.88 Å². The lowest BCUT2D eigenvalue weighted by Crippen LogP contribution is -2.57. The maximum Gasteiger partial charge on any atom is 0.331 e. The highest BCUT2D eigenvalue weighted by molar-refractivity contribution is 6.99. The van der Waals surface area contributed by atoms with Crippen molar-refractivity contribution in [3.63, 3.8) is 0 Å². The number of amides is 3. The second-order valence-electron chi connectivity index (χ2n) is 19.3. The van der Waals surface area contributed by atoms with Crippen LogP contribution < -0.4 is 25.6 Å². The number of Topliss-reactive ketones (excluding diaryl/α,β-unsaturated/α-hetero) is 2. The van der Waals surface area contributed by atoms with Gasteiger partial charge in [0.05, 0.1) is 42.1 Å². The van der Waals surface area contributed by atoms with Gasteiger partial charge in [0.1, 0.15) is 24.4 Å². The van der Waals surface area contributed by atoms with Crippen LogP contribution in [0.1, 0.15) is 115 Å². The van der Waals surface area contributed by atoms with Crippen molar-refractivity contribution in [2.75, 3.05) is 81.2 Å². The predicted molar refractivity (Wildman–Crippen MR) is 275 cm³/mol. The number of carbonyl (C=O) groups excluding carboxylic acids is 6. The number of hydrogen-bond acceptors (Lipinski definition) is 16. The van der Waals surface area contributed by atoms with Crippen LogP contribution in [0.4, 0.5) is 17.2 Å². The lowest BCUT2D eigenvalue weighted by molar-refractivity contribution is -0.157. The van der Waals surface area contributed by atoms with Gasteiger partial charge in [-0.15, -0.1) is 4.37 Å². The van der Waals surface area contributed by atoms with Crippen molar-refractivity contribution in [2.24, 2.45) is 0 Å². The third-order valence-electron chi connectivity index (χ3n) is 12.7. The third kappa shape index (κ3) is 14.9. The maximum atomic E-state index is 14.3. The van der Waals surface area contributed by atoms with Gasteiger partial charge < -0.3 is 49.7 Å². The minimum atomic E-state index is -1.18. The van der Waals surface area contributed by atoms with E-state index in [2.05, 4.69) is 48.4 Å². The number of carbonyl (C=O) groups is 6. The van der Waals surface area contributed by atoms with Crippen molar-refractivity contribution in [1.29, 1.82) is 0 Å². The lowest BCUT2D eigenvalue weighted by atomic mass is 9.94. The Morgan fingerprint density at radius 3 is 2.37 bits per heavy atom. The molecular weight excluding hydrogens is 931 g/mol. The number of benzene rings is 1. The van der Waals surface area contributed by atoms with E-state index >= 15 is 0 Å². The molecule has 1 saturated heterocycles. The van der Waals surface area contributed by atoms with Crippen LogP contribution >= 0.6 is 11.7 Å². The number of hydrogen-bond donors (Lipinski definition) is 4. The van der Waals surface area contributed by atoms with Gasteiger partial charge in [0.15, 0.2) is 11.6 Å². The fourth-order valence-electron chi connectivity index (χ4n) is 8.50. The van der Waals surface area contributed by atoms with E-state index in [0.717, 1.165) is 43.5 Å². The highest BCUT2D eigenvalue weighted by Crippen LogP contribution is 2.36. The first kappa shape index (κ1) is 56.1. The Hall–Kier alpha value is -5.80. The maximum absolute atomic E-state index is 14.3. The summed E-state index contributed by atoms with van der Waals surface area (Å²) in [4.78, 5) is 89.6. The molecule has 0 radical (unpaired) electrons. The largest absolute Gasteiger partial charge is 0.470 e. The molecule has 0 saturated carbocycles. The smallest absolute Gasteiger partial charge is 0.331 e. The summed E-state index contributed by atoms with van der Waals surface area (Å²) in [6.07, 6.45) is 2.95. The molecule has 4 heterocycles. The molecule has 0 aliphatic carbocycles. The Morgan fingerprint density at radius 1 is 1.01 bits per heavy atom. The van der Waals surface area contributed by atoms with E-state index in [1.54, 1.807) is 45.0 Å². The standard InChI is InChI=1S/C51H73N9O10S/c1-13-16-41(45(64)33(6)70-51(11,12)34(7)61)60(50(8,9)10)29-36(30-68-49-46(56-71-57-49)59-23-25-67-26-24-59)69-43(63)20-19-42(62)54-35-17-18-39-37(27-35)38(47(65)55-39)28-40-31(4)44(32(5)53-40)48(66)52-21-22-58(14-2)15-3/h17-20,27-28,33,36,41,53H,13-16,21-26,29-30H2,1-12H3,(H,52,66)(H,54,62)(H,55,65)/b20-19+,38-28-/t33?,36-,41?/m0/s1. The number of aromatic nitrogens is 3. The summed E-state index contributed by atoms with van der Waals surface area (Å²) in [6.45, 7) is 27.1. The third-order valence-corrected chi connectivity index (χ3v) is 13.2. The van der Waals surface area contributed by atoms with Crippen molar-refractivity contribution in [3.05, 3.63) is 58.4 Å². The van der Waals surface area contributed by atoms with Gasteiger partial charge in [-0.05, 0) is 112 Å². The zero-order chi connectivity index (χ0) is 52.2. The topological polar surface area (TPSA) is 227 Å². The highest BCUT2D eigenvalue weighted by Gasteiger charge is 2.40. The molecule has 71 heavy (non-hydrogen) atoms. The molecule has 4 N–H and O–H groups in total. The summed E-state index contributed by atoms with van der Waals surface area (Å²) in [6, 6.07) is 4.27. The van der Waals surface area contributed by atoms with Crippen LogP contribution in [-0.2, 0) is 38.2 Å². The van der Waals surface area contributed by atoms with E-state index < -0.39 is 41.3 Å². The molecule has 3 amide bonds. The molecule has 1 aromatic carbocycles. The van der Waals surface area contributed by atoms with Gasteiger partial charge in [0, 0.05) is 78.7 Å². The number of morpholine rings is 1. The predicted octanol–water partition coefficient (Wildman–Crippen LogP) is 5.98. The molecular formula is C51H73N9O10S. The quantitative estimate of drug-likeness (QED) is 0.0566. The van der Waals surface area contributed by atoms with E-state index in [1.165, 1.54) is 6.92 Å². The molecule has 2 aliphatic rings. The van der Waals surface area contributed by atoms with Crippen LogP contribution in [0, 0.1) is 13.8 Å². The summed E-state index contributed by atoms with van der Waals surface area (Å²) in [7, 11) is 0. The molecule has 19 nitrogen and oxygen atoms in total. The molecule has 1 fully saturated rings. The second-order valence-corrected chi connectivity index (χ2v) is 19.8. The molecule has 2 aliphatic heterocycles. The van der Waals surface area contributed by atoms with Crippen LogP contribution in [0.15, 0.2) is 30.4 Å². The number of ether oxygens (including phenoxy) is 4. The molecule has 0 bridgehead atoms. The number of likely N-dealkylation sites (N-methyl/N-ethyl adjacent to an activating group) is 1. The molecule has 5 rings (SSSR count). The number of ketones is 2. The molecule has 20 heteroatoms. The first-order chi connectivity index (χ1) is 33.6. The van der Waals surface area contributed by atoms with E-state index in [9.17, 15) is 28.8 Å². The van der Waals surface area contributed by atoms with E-state index in [1.807, 2.05) is 51.3 Å². The Bertz CT molecular complexity index is 2440. The Kier molecular flexibility index (Phi) is 19.8. The lowest BCUT2D eigenvalue weighted by Gasteiger charge is -2.43. The number of rotatable bonds is 25. The number of aromatic amines is 1. The number of aryl methyl sites for hydroxylation is 1. The van der Waals surface area contributed by atoms with Crippen molar-refractivity contribution < 1.29 is 47.7 Å². The van der Waals surface area contributed by atoms with Crippen LogP contribution in [0.2, 0.25) is 0 Å². The molecule has 388 valence electrons. The molecule has 3 aromatic rings. The number of anilines is 3. The number of fused-ring (bicyclic) bond motifs is 1. The highest BCUT2D eigenvalue weighted by atomic mass is 32.1. The zero-order valence-electron chi connectivity index (χ0n) is 43.4. The molecule has 2 aromatic heterocycles. The average Bonchev–Trinajstić information content (AvgIpc) is 4.00. The van der Waals surface area contributed by atoms with Crippen molar-refractivity contribution in [1.82, 2.24) is 28.8 Å². The summed E-state index contributed by atoms with van der Waals surface area (Å²) in [5.74, 6) is -1.65. The van der Waals surface area contributed by atoms with Crippen molar-refractivity contribution in [2.45, 2.75) is 125 Å². The first-order valence-corrected chi connectivity index (χ1v) is 25.2.